The molecule has 128 valence electrons. The summed E-state index contributed by atoms with van der Waals surface area (Å²) in [5, 5.41) is 0. The van der Waals surface area contributed by atoms with Crippen LogP contribution >= 0.6 is 0 Å². The van der Waals surface area contributed by atoms with Gasteiger partial charge in [0.05, 0.1) is 12.7 Å². The van der Waals surface area contributed by atoms with Crippen molar-refractivity contribution >= 4 is 0 Å². The highest BCUT2D eigenvalue weighted by Gasteiger charge is 2.56. The molecule has 23 heavy (non-hydrogen) atoms. The highest BCUT2D eigenvalue weighted by atomic mass is 19.1. The van der Waals surface area contributed by atoms with E-state index in [1.54, 1.807) is 6.92 Å². The van der Waals surface area contributed by atoms with Gasteiger partial charge in [0, 0.05) is 0 Å². The minimum absolute atomic E-state index is 0.0715. The third-order valence-corrected chi connectivity index (χ3v) is 4.39. The lowest BCUT2D eigenvalue weighted by molar-refractivity contribution is -0.234. The van der Waals surface area contributed by atoms with E-state index in [9.17, 15) is 4.39 Å². The predicted molar refractivity (Wildman–Crippen MR) is 83.5 cm³/mol. The number of ether oxygens (including phenoxy) is 4. The second kappa shape index (κ2) is 7.26. The lowest BCUT2D eigenvalue weighted by Crippen LogP contribution is -2.38. The van der Waals surface area contributed by atoms with E-state index in [0.29, 0.717) is 6.61 Å². The number of hydrogen-bond donors (Lipinski definition) is 0. The molecule has 5 heteroatoms. The van der Waals surface area contributed by atoms with Crippen molar-refractivity contribution in [1.82, 2.24) is 0 Å². The third-order valence-electron chi connectivity index (χ3n) is 4.39. The van der Waals surface area contributed by atoms with Gasteiger partial charge in [0.25, 0.3) is 0 Å². The molecule has 0 spiro atoms. The van der Waals surface area contributed by atoms with Crippen molar-refractivity contribution in [1.29, 1.82) is 0 Å². The molecule has 0 aliphatic carbocycles. The quantitative estimate of drug-likeness (QED) is 0.768. The predicted octanol–water partition coefficient (Wildman–Crippen LogP) is 3.59. The third kappa shape index (κ3) is 3.74. The summed E-state index contributed by atoms with van der Waals surface area (Å²) in [5.41, 5.74) is 1.09. The van der Waals surface area contributed by atoms with E-state index in [0.717, 1.165) is 24.8 Å². The summed E-state index contributed by atoms with van der Waals surface area (Å²) in [4.78, 5) is 0. The Balaban J connectivity index is 1.67. The van der Waals surface area contributed by atoms with Gasteiger partial charge in [-0.3, -0.25) is 0 Å². The molecule has 1 unspecified atom stereocenters. The van der Waals surface area contributed by atoms with Gasteiger partial charge in [0.15, 0.2) is 12.1 Å². The van der Waals surface area contributed by atoms with E-state index < -0.39 is 18.8 Å². The van der Waals surface area contributed by atoms with Crippen LogP contribution in [0.2, 0.25) is 0 Å². The molecule has 0 radical (unpaired) electrons. The summed E-state index contributed by atoms with van der Waals surface area (Å²) in [5.74, 6) is -1.22. The maximum absolute atomic E-state index is 13.1. The van der Waals surface area contributed by atoms with Crippen LogP contribution in [0.1, 0.15) is 38.7 Å². The zero-order chi connectivity index (χ0) is 16.3. The second-order valence-electron chi connectivity index (χ2n) is 6.41. The number of hydrogen-bond acceptors (Lipinski definition) is 4. The van der Waals surface area contributed by atoms with Crippen molar-refractivity contribution in [3.8, 4) is 0 Å². The lowest BCUT2D eigenvalue weighted by Gasteiger charge is -2.26. The summed E-state index contributed by atoms with van der Waals surface area (Å²) < 4.78 is 36.6. The standard InChI is InChI=1S/C18H25FO4/c1-3-4-10-14-15(20-11-13-8-6-5-7-9-13)16-17(21-14)23-18(2,12-19)22-16/h5-9,14-17H,3-4,10-12H2,1-2H3/t14-,15+,16-,17-,18?/m1/s1. The molecule has 0 N–H and O–H groups in total. The van der Waals surface area contributed by atoms with Crippen molar-refractivity contribution in [2.75, 3.05) is 6.67 Å². The molecule has 0 aromatic heterocycles. The van der Waals surface area contributed by atoms with Crippen LogP contribution in [0.4, 0.5) is 4.39 Å². The Morgan fingerprint density at radius 2 is 2.00 bits per heavy atom. The number of unbranched alkanes of at least 4 members (excludes halogenated alkanes) is 1. The first-order chi connectivity index (χ1) is 11.1. The lowest BCUT2D eigenvalue weighted by atomic mass is 10.0. The number of fused-ring (bicyclic) bond motifs is 1. The van der Waals surface area contributed by atoms with E-state index in [-0.39, 0.29) is 18.3 Å². The molecular formula is C18H25FO4. The molecule has 2 aliphatic heterocycles. The molecule has 2 fully saturated rings. The zero-order valence-corrected chi connectivity index (χ0v) is 13.7. The molecule has 1 aromatic carbocycles. The van der Waals surface area contributed by atoms with Gasteiger partial charge in [-0.05, 0) is 18.9 Å². The minimum Gasteiger partial charge on any atom is -0.368 e. The van der Waals surface area contributed by atoms with Gasteiger partial charge in [-0.1, -0.05) is 50.1 Å². The van der Waals surface area contributed by atoms with Gasteiger partial charge in [-0.2, -0.15) is 0 Å². The molecule has 4 nitrogen and oxygen atoms in total. The fraction of sp³-hybridized carbons (Fsp3) is 0.667. The highest BCUT2D eigenvalue weighted by Crippen LogP contribution is 2.40. The summed E-state index contributed by atoms with van der Waals surface area (Å²) in [6, 6.07) is 9.98. The number of halogens is 1. The molecule has 0 bridgehead atoms. The van der Waals surface area contributed by atoms with Gasteiger partial charge in [0.1, 0.15) is 18.9 Å². The van der Waals surface area contributed by atoms with Crippen LogP contribution < -0.4 is 0 Å². The van der Waals surface area contributed by atoms with E-state index in [2.05, 4.69) is 6.92 Å². The minimum atomic E-state index is -1.22. The molecule has 3 rings (SSSR count). The zero-order valence-electron chi connectivity index (χ0n) is 13.7. The maximum atomic E-state index is 13.1. The van der Waals surface area contributed by atoms with Crippen LogP contribution in [-0.4, -0.2) is 37.1 Å². The fourth-order valence-electron chi connectivity index (χ4n) is 3.14. The second-order valence-corrected chi connectivity index (χ2v) is 6.41. The Labute approximate surface area is 136 Å². The largest absolute Gasteiger partial charge is 0.368 e. The Kier molecular flexibility index (Phi) is 5.31. The SMILES string of the molecule is CCCC[C@H]1O[C@@H]2OC(C)(CF)O[C@@H]2[C@H]1OCc1ccccc1. The van der Waals surface area contributed by atoms with Gasteiger partial charge in [-0.25, -0.2) is 4.39 Å². The highest BCUT2D eigenvalue weighted by molar-refractivity contribution is 5.13. The van der Waals surface area contributed by atoms with Crippen LogP contribution in [0, 0.1) is 0 Å². The van der Waals surface area contributed by atoms with Gasteiger partial charge in [0.2, 0.25) is 0 Å². The summed E-state index contributed by atoms with van der Waals surface area (Å²) in [7, 11) is 0. The first kappa shape index (κ1) is 16.8. The summed E-state index contributed by atoms with van der Waals surface area (Å²) in [6.45, 7) is 3.53. The van der Waals surface area contributed by atoms with Gasteiger partial charge < -0.3 is 18.9 Å². The van der Waals surface area contributed by atoms with E-state index in [4.69, 9.17) is 18.9 Å². The maximum Gasteiger partial charge on any atom is 0.197 e. The Hall–Kier alpha value is -1.01. The topological polar surface area (TPSA) is 36.9 Å². The number of alkyl halides is 1. The summed E-state index contributed by atoms with van der Waals surface area (Å²) >= 11 is 0. The first-order valence-electron chi connectivity index (χ1n) is 8.38. The Bertz CT molecular complexity index is 497. The van der Waals surface area contributed by atoms with Crippen molar-refractivity contribution in [3.63, 3.8) is 0 Å². The van der Waals surface area contributed by atoms with E-state index in [1.807, 2.05) is 30.3 Å². The molecule has 0 saturated carbocycles. The van der Waals surface area contributed by atoms with Crippen LogP contribution in [0.15, 0.2) is 30.3 Å². The van der Waals surface area contributed by atoms with Crippen LogP contribution in [0.3, 0.4) is 0 Å². The number of benzene rings is 1. The molecule has 2 heterocycles. The summed E-state index contributed by atoms with van der Waals surface area (Å²) in [6.07, 6.45) is 1.81. The first-order valence-corrected chi connectivity index (χ1v) is 8.38. The van der Waals surface area contributed by atoms with E-state index >= 15 is 0 Å². The normalized spacial score (nSPS) is 36.3. The van der Waals surface area contributed by atoms with Crippen LogP contribution in [0.5, 0.6) is 0 Å². The smallest absolute Gasteiger partial charge is 0.197 e. The average Bonchev–Trinajstić information content (AvgIpc) is 3.05. The molecular weight excluding hydrogens is 299 g/mol. The van der Waals surface area contributed by atoms with Crippen LogP contribution in [-0.2, 0) is 25.6 Å². The van der Waals surface area contributed by atoms with E-state index in [1.165, 1.54) is 0 Å². The molecule has 1 aromatic rings. The van der Waals surface area contributed by atoms with Crippen molar-refractivity contribution in [2.24, 2.45) is 0 Å². The van der Waals surface area contributed by atoms with Crippen molar-refractivity contribution in [2.45, 2.75) is 70.1 Å². The van der Waals surface area contributed by atoms with Crippen LogP contribution in [0.25, 0.3) is 0 Å². The van der Waals surface area contributed by atoms with Crippen molar-refractivity contribution < 1.29 is 23.3 Å². The van der Waals surface area contributed by atoms with Crippen molar-refractivity contribution in [3.05, 3.63) is 35.9 Å². The average molecular weight is 324 g/mol. The molecule has 0 amide bonds. The fourth-order valence-corrected chi connectivity index (χ4v) is 3.14. The monoisotopic (exact) mass is 324 g/mol. The Morgan fingerprint density at radius 1 is 1.22 bits per heavy atom. The van der Waals surface area contributed by atoms with Gasteiger partial charge in [-0.15, -0.1) is 0 Å². The molecule has 2 aliphatic rings. The molecule has 2 saturated heterocycles. The number of rotatable bonds is 7. The Morgan fingerprint density at radius 3 is 2.70 bits per heavy atom. The molecule has 5 atom stereocenters. The van der Waals surface area contributed by atoms with Gasteiger partial charge >= 0.3 is 0 Å².